The maximum Gasteiger partial charge on any atom is 0.305 e. The molecule has 0 saturated carbocycles. The molecular weight excluding hydrogens is 352 g/mol. The summed E-state index contributed by atoms with van der Waals surface area (Å²) in [5.74, 6) is -2.45. The van der Waals surface area contributed by atoms with Gasteiger partial charge in [-0.05, 0) is 49.5 Å². The Kier molecular flexibility index (Phi) is 4.86. The average molecular weight is 401 g/mol. The van der Waals surface area contributed by atoms with Gasteiger partial charge in [0.1, 0.15) is 0 Å². The lowest BCUT2D eigenvalue weighted by atomic mass is 10.1. The first-order chi connectivity index (χ1) is 19.9. The topological polar surface area (TPSA) is 52.6 Å². The van der Waals surface area contributed by atoms with E-state index >= 15 is 0 Å². The largest absolute Gasteiger partial charge is 0.469 e. The molecule has 0 radical (unpaired) electrons. The van der Waals surface area contributed by atoms with Crippen molar-refractivity contribution in [2.75, 3.05) is 14.1 Å². The number of aryl methyl sites for hydroxylation is 1. The van der Waals surface area contributed by atoms with Crippen molar-refractivity contribution in [3.63, 3.8) is 0 Å². The third-order valence-corrected chi connectivity index (χ3v) is 3.17. The molecule has 0 amide bonds. The highest BCUT2D eigenvalue weighted by atomic mass is 16.5. The fraction of sp³-hybridized carbons (Fsp3) is 0.417. The Labute approximate surface area is 191 Å². The Morgan fingerprint density at radius 3 is 2.39 bits per heavy atom. The average Bonchev–Trinajstić information content (AvgIpc) is 2.92. The smallest absolute Gasteiger partial charge is 0.305 e. The first-order valence-electron chi connectivity index (χ1n) is 16.3. The van der Waals surface area contributed by atoms with E-state index in [9.17, 15) is 9.59 Å². The molecule has 4 heteroatoms. The molecule has 0 saturated heterocycles. The molecule has 2 aromatic rings. The normalized spacial score (nSPS) is 20.6. The van der Waals surface area contributed by atoms with Crippen LogP contribution in [-0.4, -0.2) is 26.1 Å². The van der Waals surface area contributed by atoms with Crippen LogP contribution in [0.5, 0.6) is 0 Å². The molecule has 0 fully saturated rings. The summed E-state index contributed by atoms with van der Waals surface area (Å²) < 4.78 is 130. The molecule has 0 aliphatic rings. The minimum Gasteiger partial charge on any atom is -0.469 e. The van der Waals surface area contributed by atoms with E-state index in [0.29, 0.717) is 6.42 Å². The quantitative estimate of drug-likeness (QED) is 0.409. The molecule has 152 valence electrons. The van der Waals surface area contributed by atoms with Crippen LogP contribution < -0.4 is 0 Å². The van der Waals surface area contributed by atoms with Crippen molar-refractivity contribution in [1.82, 2.24) is 0 Å². The lowest BCUT2D eigenvalue weighted by Crippen LogP contribution is -1.99. The lowest BCUT2D eigenvalue weighted by molar-refractivity contribution is -0.141. The highest BCUT2D eigenvalue weighted by Gasteiger charge is 2.00. The lowest BCUT2D eigenvalue weighted by Gasteiger charge is -2.00. The van der Waals surface area contributed by atoms with Crippen LogP contribution in [-0.2, 0) is 31.9 Å². The van der Waals surface area contributed by atoms with E-state index in [0.717, 1.165) is 19.3 Å². The zero-order valence-corrected chi connectivity index (χ0v) is 15.3. The molecular formula is C24H32O4. The molecule has 28 heavy (non-hydrogen) atoms. The summed E-state index contributed by atoms with van der Waals surface area (Å²) in [6, 6.07) is 4.89. The second-order valence-electron chi connectivity index (χ2n) is 5.16. The second kappa shape index (κ2) is 15.4. The Hall–Kier alpha value is -2.62. The molecule has 4 nitrogen and oxygen atoms in total. The van der Waals surface area contributed by atoms with Crippen molar-refractivity contribution in [3.05, 3.63) is 71.7 Å². The molecule has 0 unspecified atom stereocenters. The van der Waals surface area contributed by atoms with Crippen LogP contribution in [0, 0.1) is 0 Å². The van der Waals surface area contributed by atoms with E-state index in [2.05, 4.69) is 21.6 Å². The fourth-order valence-electron chi connectivity index (χ4n) is 1.86. The highest BCUT2D eigenvalue weighted by molar-refractivity contribution is 5.69. The van der Waals surface area contributed by atoms with Crippen molar-refractivity contribution < 1.29 is 41.0 Å². The van der Waals surface area contributed by atoms with Crippen molar-refractivity contribution >= 4 is 11.9 Å². The summed E-state index contributed by atoms with van der Waals surface area (Å²) in [6.45, 7) is 0. The number of benzene rings is 2. The number of carbonyl (C=O) groups excluding carboxylic acids is 2. The van der Waals surface area contributed by atoms with Crippen LogP contribution in [0.1, 0.15) is 71.4 Å². The maximum atomic E-state index is 11.9. The van der Waals surface area contributed by atoms with E-state index < -0.39 is 74.3 Å². The van der Waals surface area contributed by atoms with Crippen LogP contribution >= 0.6 is 0 Å². The van der Waals surface area contributed by atoms with E-state index in [1.165, 1.54) is 12.7 Å². The van der Waals surface area contributed by atoms with E-state index in [1.54, 1.807) is 0 Å². The summed E-state index contributed by atoms with van der Waals surface area (Å²) >= 11 is 0. The van der Waals surface area contributed by atoms with Crippen LogP contribution in [0.15, 0.2) is 60.5 Å². The van der Waals surface area contributed by atoms with Crippen LogP contribution in [0.4, 0.5) is 0 Å². The first-order valence-corrected chi connectivity index (χ1v) is 8.30. The summed E-state index contributed by atoms with van der Waals surface area (Å²) in [4.78, 5) is 22.7. The number of methoxy groups -OCH3 is 2. The molecule has 2 aromatic carbocycles. The van der Waals surface area contributed by atoms with Gasteiger partial charge in [0.05, 0.1) is 25.1 Å². The van der Waals surface area contributed by atoms with Crippen molar-refractivity contribution in [2.45, 2.75) is 51.2 Å². The number of unbranched alkanes of at least 4 members (excludes halogenated alkanes) is 1. The van der Waals surface area contributed by atoms with Crippen LogP contribution in [0.25, 0.3) is 0 Å². The standard InChI is InChI=1S/2C12H16O2/c2*1-14-12(13)10-6-5-9-11-7-3-2-4-8-11/h2*2-4,7-8H,5-6,9-10H2,1H3/i1D3,2D,3D,4D,5D2,6D2,7D,8D,9D2,10D2;. The number of hydrogen-bond donors (Lipinski definition) is 0. The Balaban J connectivity index is 0.000000574. The Morgan fingerprint density at radius 1 is 0.964 bits per heavy atom. The van der Waals surface area contributed by atoms with Gasteiger partial charge in [-0.2, -0.15) is 0 Å². The van der Waals surface area contributed by atoms with Gasteiger partial charge < -0.3 is 9.47 Å². The van der Waals surface area contributed by atoms with Gasteiger partial charge in [0.2, 0.25) is 0 Å². The number of carbonyl (C=O) groups is 2. The molecule has 0 aliphatic heterocycles. The first kappa shape index (κ1) is 8.81. The maximum absolute atomic E-state index is 11.9. The number of hydrogen-bond acceptors (Lipinski definition) is 4. The summed E-state index contributed by atoms with van der Waals surface area (Å²) in [7, 11) is -2.07. The third-order valence-electron chi connectivity index (χ3n) is 3.17. The van der Waals surface area contributed by atoms with Gasteiger partial charge in [0.25, 0.3) is 0 Å². The van der Waals surface area contributed by atoms with Crippen molar-refractivity contribution in [1.29, 1.82) is 0 Å². The number of esters is 2. The van der Waals surface area contributed by atoms with E-state index in [1.807, 2.05) is 18.2 Å². The number of rotatable bonds is 10. The van der Waals surface area contributed by atoms with Crippen LogP contribution in [0.3, 0.4) is 0 Å². The van der Waals surface area contributed by atoms with Gasteiger partial charge in [0.15, 0.2) is 0 Å². The molecule has 0 atom stereocenters. The van der Waals surface area contributed by atoms with Gasteiger partial charge in [0, 0.05) is 23.8 Å². The monoisotopic (exact) mass is 400 g/mol. The SMILES string of the molecule is COC(=O)CCCCc1ccccc1.[2H]c1c([2H])c([2H])c(C([2H])([2H])C([2H])([2H])C([2H])([2H])C([2H])([2H])C(=O)OC([2H])([2H])[2H])c([2H])c1[2H]. The third kappa shape index (κ3) is 11.9. The summed E-state index contributed by atoms with van der Waals surface area (Å²) in [6.07, 6.45) is -12.5. The zero-order chi connectivity index (χ0) is 34.5. The molecule has 0 aromatic heterocycles. The number of ether oxygens (including phenoxy) is 2. The Morgan fingerprint density at radius 2 is 1.71 bits per heavy atom. The summed E-state index contributed by atoms with van der Waals surface area (Å²) in [5.41, 5.74) is 0.0275. The highest BCUT2D eigenvalue weighted by Crippen LogP contribution is 2.07. The van der Waals surface area contributed by atoms with Gasteiger partial charge >= 0.3 is 11.9 Å². The minimum absolute atomic E-state index is 0.113. The molecule has 2 rings (SSSR count). The Bertz CT molecular complexity index is 1280. The van der Waals surface area contributed by atoms with E-state index in [-0.39, 0.29) is 5.97 Å². The summed E-state index contributed by atoms with van der Waals surface area (Å²) in [5, 5.41) is 0. The molecule has 0 N–H and O–H groups in total. The predicted molar refractivity (Wildman–Crippen MR) is 112 cm³/mol. The molecule has 0 heterocycles. The predicted octanol–water partition coefficient (Wildman–Crippen LogP) is 5.14. The van der Waals surface area contributed by atoms with Gasteiger partial charge in [-0.1, -0.05) is 60.5 Å². The van der Waals surface area contributed by atoms with E-state index in [4.69, 9.17) is 21.9 Å². The zero-order valence-electron chi connectivity index (χ0n) is 31.3. The second-order valence-corrected chi connectivity index (χ2v) is 5.16. The van der Waals surface area contributed by atoms with Gasteiger partial charge in [-0.25, -0.2) is 0 Å². The van der Waals surface area contributed by atoms with Crippen LogP contribution in [0.2, 0.25) is 0 Å². The molecule has 0 spiro atoms. The fourth-order valence-corrected chi connectivity index (χ4v) is 1.86. The van der Waals surface area contributed by atoms with Gasteiger partial charge in [-0.3, -0.25) is 9.59 Å². The van der Waals surface area contributed by atoms with Crippen molar-refractivity contribution in [2.24, 2.45) is 0 Å². The minimum atomic E-state index is -4.13. The molecule has 0 bridgehead atoms. The molecule has 0 aliphatic carbocycles. The van der Waals surface area contributed by atoms with Crippen molar-refractivity contribution in [3.8, 4) is 0 Å². The van der Waals surface area contributed by atoms with Gasteiger partial charge in [-0.15, -0.1) is 0 Å².